The fourth-order valence-corrected chi connectivity index (χ4v) is 3.92. The molecule has 0 fully saturated rings. The second-order valence-corrected chi connectivity index (χ2v) is 6.68. The maximum absolute atomic E-state index is 13.0. The Morgan fingerprint density at radius 1 is 1.20 bits per heavy atom. The van der Waals surface area contributed by atoms with Gasteiger partial charge in [0.15, 0.2) is 0 Å². The molecular weight excluding hydrogens is 361 g/mol. The summed E-state index contributed by atoms with van der Waals surface area (Å²) in [5.74, 6) is -0.262. The number of hydrogen-bond donors (Lipinski definition) is 1. The van der Waals surface area contributed by atoms with Gasteiger partial charge in [0, 0.05) is 25.1 Å². The summed E-state index contributed by atoms with van der Waals surface area (Å²) in [4.78, 5) is 1.07. The van der Waals surface area contributed by atoms with Crippen molar-refractivity contribution in [2.24, 2.45) is 0 Å². The Balaban J connectivity index is 1.85. The first-order valence-corrected chi connectivity index (χ1v) is 7.99. The van der Waals surface area contributed by atoms with Gasteiger partial charge in [-0.3, -0.25) is 0 Å². The molecule has 20 heavy (non-hydrogen) atoms. The van der Waals surface area contributed by atoms with E-state index in [1.54, 1.807) is 17.4 Å². The van der Waals surface area contributed by atoms with Crippen LogP contribution in [0.25, 0.3) is 10.1 Å². The van der Waals surface area contributed by atoms with E-state index >= 15 is 0 Å². The molecule has 0 atom stereocenters. The van der Waals surface area contributed by atoms with Crippen LogP contribution in [-0.4, -0.2) is 0 Å². The van der Waals surface area contributed by atoms with Crippen LogP contribution in [0.1, 0.15) is 4.88 Å². The summed E-state index contributed by atoms with van der Waals surface area (Å²) < 4.78 is 14.9. The highest BCUT2D eigenvalue weighted by atomic mass is 79.9. The highest BCUT2D eigenvalue weighted by molar-refractivity contribution is 9.10. The molecule has 5 heteroatoms. The number of benzene rings is 2. The van der Waals surface area contributed by atoms with Crippen LogP contribution in [0.5, 0.6) is 0 Å². The number of nitrogens with one attached hydrogen (secondary N) is 1. The van der Waals surface area contributed by atoms with E-state index < -0.39 is 0 Å². The van der Waals surface area contributed by atoms with Crippen molar-refractivity contribution >= 4 is 54.6 Å². The van der Waals surface area contributed by atoms with Crippen LogP contribution in [0.3, 0.4) is 0 Å². The molecule has 1 nitrogen and oxygen atoms in total. The zero-order valence-electron chi connectivity index (χ0n) is 10.3. The summed E-state index contributed by atoms with van der Waals surface area (Å²) in [5.41, 5.74) is 0.847. The van der Waals surface area contributed by atoms with Gasteiger partial charge in [-0.15, -0.1) is 11.3 Å². The van der Waals surface area contributed by atoms with Gasteiger partial charge in [-0.2, -0.15) is 0 Å². The number of thiophene rings is 1. The van der Waals surface area contributed by atoms with Crippen LogP contribution in [0.4, 0.5) is 10.1 Å². The molecule has 1 aromatic heterocycles. The van der Waals surface area contributed by atoms with Gasteiger partial charge in [0.25, 0.3) is 0 Å². The van der Waals surface area contributed by atoms with Gasteiger partial charge in [-0.25, -0.2) is 4.39 Å². The van der Waals surface area contributed by atoms with Crippen LogP contribution in [-0.2, 0) is 6.54 Å². The molecule has 0 saturated carbocycles. The van der Waals surface area contributed by atoms with Gasteiger partial charge in [0.2, 0.25) is 0 Å². The third-order valence-electron chi connectivity index (χ3n) is 2.97. The van der Waals surface area contributed by atoms with Crippen molar-refractivity contribution in [1.82, 2.24) is 0 Å². The molecule has 102 valence electrons. The zero-order valence-corrected chi connectivity index (χ0v) is 13.4. The number of anilines is 1. The molecule has 0 radical (unpaired) electrons. The van der Waals surface area contributed by atoms with Gasteiger partial charge in [0.05, 0.1) is 11.6 Å². The maximum atomic E-state index is 13.0. The number of rotatable bonds is 3. The lowest BCUT2D eigenvalue weighted by atomic mass is 10.2. The second-order valence-electron chi connectivity index (χ2n) is 4.31. The SMILES string of the molecule is Fc1ccc(NCc2sc3ccccc3c2Cl)c(Br)c1. The van der Waals surface area contributed by atoms with Gasteiger partial charge in [0.1, 0.15) is 5.82 Å². The van der Waals surface area contributed by atoms with Gasteiger partial charge in [-0.05, 0) is 40.2 Å². The van der Waals surface area contributed by atoms with Crippen LogP contribution in [0, 0.1) is 5.82 Å². The number of fused-ring (bicyclic) bond motifs is 1. The Morgan fingerprint density at radius 2 is 2.00 bits per heavy atom. The summed E-state index contributed by atoms with van der Waals surface area (Å²) in [5, 5.41) is 5.14. The molecular formula is C15H10BrClFNS. The van der Waals surface area contributed by atoms with E-state index in [-0.39, 0.29) is 5.82 Å². The topological polar surface area (TPSA) is 12.0 Å². The van der Waals surface area contributed by atoms with Crippen LogP contribution in [0.15, 0.2) is 46.9 Å². The lowest BCUT2D eigenvalue weighted by Gasteiger charge is -2.07. The molecule has 1 heterocycles. The molecule has 3 aromatic rings. The van der Waals surface area contributed by atoms with Crippen molar-refractivity contribution in [3.05, 3.63) is 62.7 Å². The molecule has 0 unspecified atom stereocenters. The maximum Gasteiger partial charge on any atom is 0.124 e. The van der Waals surface area contributed by atoms with Crippen molar-refractivity contribution in [2.75, 3.05) is 5.32 Å². The number of hydrogen-bond acceptors (Lipinski definition) is 2. The van der Waals surface area contributed by atoms with Crippen molar-refractivity contribution < 1.29 is 4.39 Å². The first kappa shape index (κ1) is 13.9. The monoisotopic (exact) mass is 369 g/mol. The Hall–Kier alpha value is -1.10. The fourth-order valence-electron chi connectivity index (χ4n) is 1.99. The second kappa shape index (κ2) is 5.72. The molecule has 2 aromatic carbocycles. The minimum atomic E-state index is -0.262. The molecule has 0 saturated heterocycles. The average molecular weight is 371 g/mol. The molecule has 0 aliphatic rings. The van der Waals surface area contributed by atoms with Crippen molar-refractivity contribution in [3.63, 3.8) is 0 Å². The summed E-state index contributed by atoms with van der Waals surface area (Å²) in [6.07, 6.45) is 0. The molecule has 0 aliphatic heterocycles. The standard InChI is InChI=1S/C15H10BrClFNS/c16-11-7-9(18)5-6-12(11)19-8-14-15(17)10-3-1-2-4-13(10)20-14/h1-7,19H,8H2. The predicted octanol–water partition coefficient (Wildman–Crippen LogP) is 6.07. The van der Waals surface area contributed by atoms with Crippen LogP contribution < -0.4 is 5.32 Å². The van der Waals surface area contributed by atoms with Crippen molar-refractivity contribution in [3.8, 4) is 0 Å². The van der Waals surface area contributed by atoms with E-state index in [0.717, 1.165) is 21.0 Å². The minimum Gasteiger partial charge on any atom is -0.379 e. The summed E-state index contributed by atoms with van der Waals surface area (Å²) in [6, 6.07) is 12.6. The molecule has 0 amide bonds. The Morgan fingerprint density at radius 3 is 2.75 bits per heavy atom. The summed E-state index contributed by atoms with van der Waals surface area (Å²) in [7, 11) is 0. The molecule has 0 spiro atoms. The van der Waals surface area contributed by atoms with E-state index in [4.69, 9.17) is 11.6 Å². The zero-order chi connectivity index (χ0) is 14.1. The molecule has 1 N–H and O–H groups in total. The normalized spacial score (nSPS) is 10.9. The number of halogens is 3. The smallest absolute Gasteiger partial charge is 0.124 e. The van der Waals surface area contributed by atoms with E-state index in [1.807, 2.05) is 18.2 Å². The van der Waals surface area contributed by atoms with Crippen molar-refractivity contribution in [1.29, 1.82) is 0 Å². The summed E-state index contributed by atoms with van der Waals surface area (Å²) in [6.45, 7) is 0.614. The van der Waals surface area contributed by atoms with Crippen molar-refractivity contribution in [2.45, 2.75) is 6.54 Å². The third-order valence-corrected chi connectivity index (χ3v) is 5.34. The van der Waals surface area contributed by atoms with Gasteiger partial charge >= 0.3 is 0 Å². The van der Waals surface area contributed by atoms with E-state index in [9.17, 15) is 4.39 Å². The summed E-state index contributed by atoms with van der Waals surface area (Å²) >= 11 is 11.4. The molecule has 0 aliphatic carbocycles. The lowest BCUT2D eigenvalue weighted by molar-refractivity contribution is 0.627. The first-order valence-electron chi connectivity index (χ1n) is 6.00. The fraction of sp³-hybridized carbons (Fsp3) is 0.0667. The van der Waals surface area contributed by atoms with Crippen LogP contribution >= 0.6 is 38.9 Å². The average Bonchev–Trinajstić information content (AvgIpc) is 2.75. The quantitative estimate of drug-likeness (QED) is 0.590. The predicted molar refractivity (Wildman–Crippen MR) is 88.3 cm³/mol. The Kier molecular flexibility index (Phi) is 3.96. The molecule has 3 rings (SSSR count). The van der Waals surface area contributed by atoms with Gasteiger partial charge < -0.3 is 5.32 Å². The highest BCUT2D eigenvalue weighted by Crippen LogP contribution is 2.36. The minimum absolute atomic E-state index is 0.262. The Labute approximate surface area is 133 Å². The third kappa shape index (κ3) is 2.68. The first-order chi connectivity index (χ1) is 9.65. The molecule has 0 bridgehead atoms. The lowest BCUT2D eigenvalue weighted by Crippen LogP contribution is -1.98. The van der Waals surface area contributed by atoms with E-state index in [0.29, 0.717) is 11.0 Å². The Bertz CT molecular complexity index is 772. The van der Waals surface area contributed by atoms with Gasteiger partial charge in [-0.1, -0.05) is 29.8 Å². The van der Waals surface area contributed by atoms with Crippen LogP contribution in [0.2, 0.25) is 5.02 Å². The largest absolute Gasteiger partial charge is 0.379 e. The van der Waals surface area contributed by atoms with E-state index in [2.05, 4.69) is 27.3 Å². The highest BCUT2D eigenvalue weighted by Gasteiger charge is 2.10. The van der Waals surface area contributed by atoms with E-state index in [1.165, 1.54) is 16.8 Å².